The number of aromatic hydroxyl groups is 1. The van der Waals surface area contributed by atoms with Crippen LogP contribution in [0.4, 0.5) is 5.82 Å². The molecule has 2 heterocycles. The number of anilines is 1. The third kappa shape index (κ3) is 1.71. The Morgan fingerprint density at radius 1 is 1.22 bits per heavy atom. The molecule has 1 aliphatic heterocycles. The van der Waals surface area contributed by atoms with Crippen LogP contribution >= 0.6 is 0 Å². The fourth-order valence-corrected chi connectivity index (χ4v) is 1.87. The number of benzene rings is 1. The minimum Gasteiger partial charge on any atom is -0.507 e. The summed E-state index contributed by atoms with van der Waals surface area (Å²) >= 11 is 0. The van der Waals surface area contributed by atoms with Gasteiger partial charge in [-0.2, -0.15) is 0 Å². The van der Waals surface area contributed by atoms with E-state index in [9.17, 15) is 5.11 Å². The molecular formula is C12H12N2O4. The highest BCUT2D eigenvalue weighted by atomic mass is 16.5. The van der Waals surface area contributed by atoms with Crippen molar-refractivity contribution in [1.29, 1.82) is 0 Å². The molecule has 6 heteroatoms. The first kappa shape index (κ1) is 10.8. The van der Waals surface area contributed by atoms with E-state index in [-0.39, 0.29) is 11.6 Å². The number of nitrogen functional groups attached to an aromatic ring is 1. The number of phenolic OH excluding ortho intramolecular Hbond substituents is 1. The average Bonchev–Trinajstić information content (AvgIpc) is 2.63. The molecule has 0 saturated carbocycles. The summed E-state index contributed by atoms with van der Waals surface area (Å²) in [5.41, 5.74) is 5.93. The Morgan fingerprint density at radius 2 is 2.06 bits per heavy atom. The van der Waals surface area contributed by atoms with Crippen LogP contribution in [0.2, 0.25) is 0 Å². The Morgan fingerprint density at radius 3 is 2.83 bits per heavy atom. The first-order chi connectivity index (χ1) is 8.75. The first-order valence-electron chi connectivity index (χ1n) is 5.60. The molecule has 18 heavy (non-hydrogen) atoms. The summed E-state index contributed by atoms with van der Waals surface area (Å²) in [7, 11) is 0. The molecule has 3 rings (SSSR count). The van der Waals surface area contributed by atoms with Gasteiger partial charge in [0.2, 0.25) is 0 Å². The summed E-state index contributed by atoms with van der Waals surface area (Å²) in [4.78, 5) is 0. The summed E-state index contributed by atoms with van der Waals surface area (Å²) in [6.07, 6.45) is 0.785. The van der Waals surface area contributed by atoms with Gasteiger partial charge in [-0.1, -0.05) is 5.16 Å². The van der Waals surface area contributed by atoms with Crippen molar-refractivity contribution in [2.45, 2.75) is 6.42 Å². The number of nitrogens with two attached hydrogens (primary N) is 1. The Hall–Kier alpha value is -2.37. The molecule has 2 aromatic rings. The Balaban J connectivity index is 2.18. The number of nitrogens with zero attached hydrogens (tertiary/aromatic N) is 1. The van der Waals surface area contributed by atoms with Crippen molar-refractivity contribution < 1.29 is 19.1 Å². The third-order valence-electron chi connectivity index (χ3n) is 2.67. The number of hydrogen-bond acceptors (Lipinski definition) is 6. The predicted octanol–water partition coefficient (Wildman–Crippen LogP) is 1.79. The maximum Gasteiger partial charge on any atom is 0.176 e. The van der Waals surface area contributed by atoms with E-state index in [2.05, 4.69) is 5.16 Å². The van der Waals surface area contributed by atoms with Crippen LogP contribution in [-0.2, 0) is 0 Å². The molecule has 1 aliphatic rings. The average molecular weight is 248 g/mol. The van der Waals surface area contributed by atoms with Crippen molar-refractivity contribution in [3.63, 3.8) is 0 Å². The molecule has 0 aliphatic carbocycles. The van der Waals surface area contributed by atoms with Gasteiger partial charge < -0.3 is 24.8 Å². The van der Waals surface area contributed by atoms with Crippen LogP contribution in [0.25, 0.3) is 11.3 Å². The number of aromatic nitrogens is 1. The molecule has 1 aromatic heterocycles. The number of phenols is 1. The van der Waals surface area contributed by atoms with Crippen LogP contribution < -0.4 is 15.2 Å². The van der Waals surface area contributed by atoms with Gasteiger partial charge >= 0.3 is 0 Å². The van der Waals surface area contributed by atoms with Gasteiger partial charge in [0.25, 0.3) is 0 Å². The zero-order valence-electron chi connectivity index (χ0n) is 9.55. The molecule has 0 saturated heterocycles. The van der Waals surface area contributed by atoms with Crippen LogP contribution in [-0.4, -0.2) is 23.5 Å². The van der Waals surface area contributed by atoms with E-state index >= 15 is 0 Å². The van der Waals surface area contributed by atoms with Crippen LogP contribution in [0.1, 0.15) is 6.42 Å². The molecule has 0 amide bonds. The molecule has 0 unspecified atom stereocenters. The van der Waals surface area contributed by atoms with Gasteiger partial charge in [-0.3, -0.25) is 0 Å². The molecule has 0 radical (unpaired) electrons. The van der Waals surface area contributed by atoms with Gasteiger partial charge in [0.05, 0.1) is 13.2 Å². The topological polar surface area (TPSA) is 90.7 Å². The van der Waals surface area contributed by atoms with Crippen molar-refractivity contribution in [3.05, 3.63) is 18.2 Å². The lowest BCUT2D eigenvalue weighted by molar-refractivity contribution is 0.296. The van der Waals surface area contributed by atoms with Gasteiger partial charge in [0, 0.05) is 12.5 Å². The van der Waals surface area contributed by atoms with E-state index in [4.69, 9.17) is 19.7 Å². The summed E-state index contributed by atoms with van der Waals surface area (Å²) < 4.78 is 16.2. The van der Waals surface area contributed by atoms with E-state index in [0.29, 0.717) is 36.0 Å². The molecular weight excluding hydrogens is 236 g/mol. The minimum atomic E-state index is 0.0374. The summed E-state index contributed by atoms with van der Waals surface area (Å²) in [5, 5.41) is 13.6. The second-order valence-electron chi connectivity index (χ2n) is 3.95. The van der Waals surface area contributed by atoms with E-state index in [1.54, 1.807) is 6.07 Å². The lowest BCUT2D eigenvalue weighted by Crippen LogP contribution is -1.98. The molecule has 0 fully saturated rings. The SMILES string of the molecule is Nc1cc(-c2c(O)ccc3c2OCCCO3)on1. The molecule has 0 spiro atoms. The van der Waals surface area contributed by atoms with Crippen molar-refractivity contribution >= 4 is 5.82 Å². The quantitative estimate of drug-likeness (QED) is 0.799. The van der Waals surface area contributed by atoms with Crippen molar-refractivity contribution in [1.82, 2.24) is 5.16 Å². The highest BCUT2D eigenvalue weighted by Gasteiger charge is 2.22. The van der Waals surface area contributed by atoms with Gasteiger partial charge in [0.15, 0.2) is 23.1 Å². The van der Waals surface area contributed by atoms with Crippen molar-refractivity contribution in [3.8, 4) is 28.6 Å². The molecule has 0 bridgehead atoms. The molecule has 94 valence electrons. The van der Waals surface area contributed by atoms with E-state index < -0.39 is 0 Å². The Bertz CT molecular complexity index is 579. The number of ether oxygens (including phenoxy) is 2. The number of fused-ring (bicyclic) bond motifs is 1. The highest BCUT2D eigenvalue weighted by Crippen LogP contribution is 2.45. The molecule has 3 N–H and O–H groups in total. The number of rotatable bonds is 1. The zero-order chi connectivity index (χ0) is 12.5. The Kier molecular flexibility index (Phi) is 2.47. The van der Waals surface area contributed by atoms with Crippen LogP contribution in [0, 0.1) is 0 Å². The first-order valence-corrected chi connectivity index (χ1v) is 5.60. The highest BCUT2D eigenvalue weighted by molar-refractivity contribution is 5.77. The predicted molar refractivity (Wildman–Crippen MR) is 63.6 cm³/mol. The second-order valence-corrected chi connectivity index (χ2v) is 3.95. The van der Waals surface area contributed by atoms with E-state index in [0.717, 1.165) is 6.42 Å². The van der Waals surface area contributed by atoms with Crippen molar-refractivity contribution in [2.24, 2.45) is 0 Å². The largest absolute Gasteiger partial charge is 0.507 e. The molecule has 0 atom stereocenters. The monoisotopic (exact) mass is 248 g/mol. The molecule has 6 nitrogen and oxygen atoms in total. The molecule has 1 aromatic carbocycles. The lowest BCUT2D eigenvalue weighted by atomic mass is 10.1. The van der Waals surface area contributed by atoms with Crippen molar-refractivity contribution in [2.75, 3.05) is 18.9 Å². The fraction of sp³-hybridized carbons (Fsp3) is 0.250. The maximum atomic E-state index is 9.96. The normalized spacial score (nSPS) is 14.2. The fourth-order valence-electron chi connectivity index (χ4n) is 1.87. The summed E-state index contributed by atoms with van der Waals surface area (Å²) in [6.45, 7) is 1.10. The smallest absolute Gasteiger partial charge is 0.176 e. The van der Waals surface area contributed by atoms with Gasteiger partial charge in [-0.15, -0.1) is 0 Å². The van der Waals surface area contributed by atoms with Crippen LogP contribution in [0.3, 0.4) is 0 Å². The van der Waals surface area contributed by atoms with E-state index in [1.807, 2.05) is 0 Å². The second kappa shape index (κ2) is 4.14. The standard InChI is InChI=1S/C12H12N2O4/c13-10-6-9(18-14-10)11-7(15)2-3-8-12(11)17-5-1-4-16-8/h2-3,6,15H,1,4-5H2,(H2,13,14). The lowest BCUT2D eigenvalue weighted by Gasteiger charge is -2.11. The maximum absolute atomic E-state index is 9.96. The van der Waals surface area contributed by atoms with Crippen LogP contribution in [0.5, 0.6) is 17.2 Å². The Labute approximate surface area is 103 Å². The summed E-state index contributed by atoms with van der Waals surface area (Å²) in [5.74, 6) is 1.68. The van der Waals surface area contributed by atoms with Crippen LogP contribution in [0.15, 0.2) is 22.7 Å². The number of hydrogen-bond donors (Lipinski definition) is 2. The van der Waals surface area contributed by atoms with Gasteiger partial charge in [-0.05, 0) is 12.1 Å². The van der Waals surface area contributed by atoms with Gasteiger partial charge in [0.1, 0.15) is 11.3 Å². The summed E-state index contributed by atoms with van der Waals surface area (Å²) in [6, 6.07) is 4.73. The zero-order valence-corrected chi connectivity index (χ0v) is 9.55. The van der Waals surface area contributed by atoms with Gasteiger partial charge in [-0.25, -0.2) is 0 Å². The minimum absolute atomic E-state index is 0.0374. The van der Waals surface area contributed by atoms with E-state index in [1.165, 1.54) is 12.1 Å². The third-order valence-corrected chi connectivity index (χ3v) is 2.67.